The summed E-state index contributed by atoms with van der Waals surface area (Å²) in [4.78, 5) is 15.0. The molecule has 1 aromatic carbocycles. The second kappa shape index (κ2) is 7.34. The minimum atomic E-state index is -3.17. The Balaban J connectivity index is 1.96. The van der Waals surface area contributed by atoms with Crippen LogP contribution in [0.1, 0.15) is 6.92 Å². The molecule has 0 aromatic heterocycles. The second-order valence-electron chi connectivity index (χ2n) is 4.92. The number of para-hydroxylation sites is 1. The van der Waals surface area contributed by atoms with Crippen LogP contribution in [-0.2, 0) is 10.0 Å². The van der Waals surface area contributed by atoms with Gasteiger partial charge in [0.25, 0.3) is 0 Å². The molecule has 6 nitrogen and oxygen atoms in total. The van der Waals surface area contributed by atoms with Crippen molar-refractivity contribution in [2.75, 3.05) is 43.5 Å². The molecule has 1 fully saturated rings. The molecule has 0 unspecified atom stereocenters. The molecule has 8 heteroatoms. The summed E-state index contributed by atoms with van der Waals surface area (Å²) in [6.07, 6.45) is 1.96. The topological polar surface area (TPSA) is 69.7 Å². The van der Waals surface area contributed by atoms with E-state index in [1.54, 1.807) is 23.6 Å². The number of thioether (sulfide) groups is 1. The van der Waals surface area contributed by atoms with E-state index in [0.29, 0.717) is 26.2 Å². The van der Waals surface area contributed by atoms with E-state index in [2.05, 4.69) is 5.32 Å². The highest BCUT2D eigenvalue weighted by atomic mass is 32.2. The van der Waals surface area contributed by atoms with Crippen LogP contribution < -0.4 is 5.32 Å². The zero-order valence-corrected chi connectivity index (χ0v) is 14.4. The monoisotopic (exact) mass is 343 g/mol. The highest BCUT2D eigenvalue weighted by Gasteiger charge is 2.27. The van der Waals surface area contributed by atoms with Crippen molar-refractivity contribution in [1.82, 2.24) is 9.21 Å². The number of urea groups is 1. The lowest BCUT2D eigenvalue weighted by molar-refractivity contribution is 0.184. The van der Waals surface area contributed by atoms with Crippen LogP contribution in [0.3, 0.4) is 0 Å². The van der Waals surface area contributed by atoms with Gasteiger partial charge in [0.05, 0.1) is 11.4 Å². The molecule has 0 radical (unpaired) electrons. The lowest BCUT2D eigenvalue weighted by atomic mass is 10.3. The van der Waals surface area contributed by atoms with Gasteiger partial charge in [0.1, 0.15) is 0 Å². The van der Waals surface area contributed by atoms with E-state index in [4.69, 9.17) is 0 Å². The van der Waals surface area contributed by atoms with E-state index >= 15 is 0 Å². The van der Waals surface area contributed by atoms with Crippen molar-refractivity contribution in [2.24, 2.45) is 0 Å². The first-order chi connectivity index (χ1) is 10.5. The predicted molar refractivity (Wildman–Crippen MR) is 89.8 cm³/mol. The van der Waals surface area contributed by atoms with Crippen LogP contribution >= 0.6 is 11.8 Å². The molecule has 1 N–H and O–H groups in total. The van der Waals surface area contributed by atoms with Gasteiger partial charge in [0.15, 0.2) is 0 Å². The zero-order chi connectivity index (χ0) is 16.2. The minimum absolute atomic E-state index is 0.0975. The Morgan fingerprint density at radius 2 is 1.86 bits per heavy atom. The van der Waals surface area contributed by atoms with E-state index in [0.717, 1.165) is 10.6 Å². The Bertz CT molecular complexity index is 626. The molecular weight excluding hydrogens is 322 g/mol. The van der Waals surface area contributed by atoms with E-state index in [1.165, 1.54) is 4.31 Å². The smallest absolute Gasteiger partial charge is 0.321 e. The molecule has 0 bridgehead atoms. The van der Waals surface area contributed by atoms with Crippen molar-refractivity contribution < 1.29 is 13.2 Å². The fourth-order valence-corrected chi connectivity index (χ4v) is 3.93. The second-order valence-corrected chi connectivity index (χ2v) is 8.02. The molecule has 122 valence electrons. The van der Waals surface area contributed by atoms with Crippen molar-refractivity contribution in [1.29, 1.82) is 0 Å². The molecule has 0 saturated carbocycles. The Kier molecular flexibility index (Phi) is 5.71. The molecule has 0 spiro atoms. The van der Waals surface area contributed by atoms with Gasteiger partial charge < -0.3 is 10.2 Å². The molecule has 2 rings (SSSR count). The number of nitrogens with one attached hydrogen (secondary N) is 1. The highest BCUT2D eigenvalue weighted by molar-refractivity contribution is 7.98. The van der Waals surface area contributed by atoms with Gasteiger partial charge in [0, 0.05) is 31.1 Å². The minimum Gasteiger partial charge on any atom is -0.322 e. The quantitative estimate of drug-likeness (QED) is 0.848. The number of carbonyl (C=O) groups is 1. The summed E-state index contributed by atoms with van der Waals surface area (Å²) in [5, 5.41) is 2.90. The number of benzene rings is 1. The van der Waals surface area contributed by atoms with Crippen molar-refractivity contribution in [3.05, 3.63) is 24.3 Å². The predicted octanol–water partition coefficient (Wildman–Crippen LogP) is 1.91. The Hall–Kier alpha value is -1.25. The van der Waals surface area contributed by atoms with E-state index in [9.17, 15) is 13.2 Å². The molecule has 1 aromatic rings. The summed E-state index contributed by atoms with van der Waals surface area (Å²) in [5.74, 6) is 0.0975. The SMILES string of the molecule is CCS(=O)(=O)N1CCN(C(=O)Nc2ccccc2SC)CC1. The van der Waals surface area contributed by atoms with Gasteiger partial charge in [-0.3, -0.25) is 0 Å². The van der Waals surface area contributed by atoms with Crippen LogP contribution in [-0.4, -0.2) is 61.8 Å². The number of carbonyl (C=O) groups excluding carboxylic acids is 1. The fourth-order valence-electron chi connectivity index (χ4n) is 2.29. The number of hydrogen-bond acceptors (Lipinski definition) is 4. The maximum Gasteiger partial charge on any atom is 0.321 e. The molecule has 0 atom stereocenters. The lowest BCUT2D eigenvalue weighted by Crippen LogP contribution is -2.51. The first-order valence-electron chi connectivity index (χ1n) is 7.14. The third-order valence-electron chi connectivity index (χ3n) is 3.63. The standard InChI is InChI=1S/C14H21N3O3S2/c1-3-22(19,20)17-10-8-16(9-11-17)14(18)15-12-6-4-5-7-13(12)21-2/h4-7H,3,8-11H2,1-2H3,(H,15,18). The van der Waals surface area contributed by atoms with E-state index in [-0.39, 0.29) is 11.8 Å². The van der Waals surface area contributed by atoms with Crippen molar-refractivity contribution >= 4 is 33.5 Å². The van der Waals surface area contributed by atoms with E-state index in [1.807, 2.05) is 30.5 Å². The summed E-state index contributed by atoms with van der Waals surface area (Å²) < 4.78 is 25.1. The summed E-state index contributed by atoms with van der Waals surface area (Å²) in [6, 6.07) is 7.43. The third kappa shape index (κ3) is 3.93. The molecule has 1 saturated heterocycles. The normalized spacial score (nSPS) is 16.5. The number of piperazine rings is 1. The van der Waals surface area contributed by atoms with Gasteiger partial charge in [-0.05, 0) is 25.3 Å². The Morgan fingerprint density at radius 3 is 2.45 bits per heavy atom. The summed E-state index contributed by atoms with van der Waals surface area (Å²) in [6.45, 7) is 3.16. The summed E-state index contributed by atoms with van der Waals surface area (Å²) >= 11 is 1.57. The Labute approximate surface area is 135 Å². The van der Waals surface area contributed by atoms with Crippen LogP contribution in [0.2, 0.25) is 0 Å². The number of rotatable bonds is 4. The van der Waals surface area contributed by atoms with Crippen LogP contribution in [0.15, 0.2) is 29.2 Å². The van der Waals surface area contributed by atoms with Crippen molar-refractivity contribution in [2.45, 2.75) is 11.8 Å². The van der Waals surface area contributed by atoms with Gasteiger partial charge in [-0.2, -0.15) is 4.31 Å². The molecular formula is C14H21N3O3S2. The largest absolute Gasteiger partial charge is 0.322 e. The van der Waals surface area contributed by atoms with Crippen LogP contribution in [0.4, 0.5) is 10.5 Å². The number of nitrogens with zero attached hydrogens (tertiary/aromatic N) is 2. The summed E-state index contributed by atoms with van der Waals surface area (Å²) in [7, 11) is -3.17. The first kappa shape index (κ1) is 17.1. The molecule has 1 aliphatic heterocycles. The summed E-state index contributed by atoms with van der Waals surface area (Å²) in [5.41, 5.74) is 0.781. The number of hydrogen-bond donors (Lipinski definition) is 1. The number of anilines is 1. The fraction of sp³-hybridized carbons (Fsp3) is 0.500. The van der Waals surface area contributed by atoms with Crippen LogP contribution in [0, 0.1) is 0 Å². The average Bonchev–Trinajstić information content (AvgIpc) is 2.55. The van der Waals surface area contributed by atoms with Crippen LogP contribution in [0.25, 0.3) is 0 Å². The lowest BCUT2D eigenvalue weighted by Gasteiger charge is -2.33. The molecule has 0 aliphatic carbocycles. The molecule has 1 aliphatic rings. The number of amides is 2. The van der Waals surface area contributed by atoms with Crippen molar-refractivity contribution in [3.63, 3.8) is 0 Å². The maximum atomic E-state index is 12.3. The van der Waals surface area contributed by atoms with E-state index < -0.39 is 10.0 Å². The van der Waals surface area contributed by atoms with Crippen molar-refractivity contribution in [3.8, 4) is 0 Å². The van der Waals surface area contributed by atoms with Gasteiger partial charge in [-0.15, -0.1) is 11.8 Å². The Morgan fingerprint density at radius 1 is 1.23 bits per heavy atom. The van der Waals surface area contributed by atoms with Gasteiger partial charge in [-0.25, -0.2) is 13.2 Å². The van der Waals surface area contributed by atoms with Crippen LogP contribution in [0.5, 0.6) is 0 Å². The number of sulfonamides is 1. The maximum absolute atomic E-state index is 12.3. The molecule has 22 heavy (non-hydrogen) atoms. The molecule has 1 heterocycles. The molecule has 2 amide bonds. The average molecular weight is 343 g/mol. The first-order valence-corrected chi connectivity index (χ1v) is 9.98. The van der Waals surface area contributed by atoms with Gasteiger partial charge >= 0.3 is 6.03 Å². The van der Waals surface area contributed by atoms with Gasteiger partial charge in [-0.1, -0.05) is 12.1 Å². The third-order valence-corrected chi connectivity index (χ3v) is 6.31. The highest BCUT2D eigenvalue weighted by Crippen LogP contribution is 2.25. The zero-order valence-electron chi connectivity index (χ0n) is 12.8. The van der Waals surface area contributed by atoms with Gasteiger partial charge in [0.2, 0.25) is 10.0 Å².